The fourth-order valence-corrected chi connectivity index (χ4v) is 4.65. The summed E-state index contributed by atoms with van der Waals surface area (Å²) in [4.78, 5) is 27.6. The van der Waals surface area contributed by atoms with Crippen molar-refractivity contribution in [2.45, 2.75) is 18.9 Å². The number of ether oxygens (including phenoxy) is 2. The van der Waals surface area contributed by atoms with Crippen molar-refractivity contribution in [2.75, 3.05) is 26.1 Å². The zero-order valence-electron chi connectivity index (χ0n) is 17.5. The van der Waals surface area contributed by atoms with E-state index in [-0.39, 0.29) is 22.9 Å². The summed E-state index contributed by atoms with van der Waals surface area (Å²) in [6, 6.07) is 11.7. The first kappa shape index (κ1) is 22.0. The molecular formula is C22H21ClN4O4S. The predicted molar refractivity (Wildman–Crippen MR) is 122 cm³/mol. The molecule has 8 nitrogen and oxygen atoms in total. The van der Waals surface area contributed by atoms with Crippen molar-refractivity contribution in [3.63, 3.8) is 0 Å². The van der Waals surface area contributed by atoms with Crippen molar-refractivity contribution in [2.24, 2.45) is 0 Å². The molecule has 3 aromatic rings. The summed E-state index contributed by atoms with van der Waals surface area (Å²) in [7, 11) is 3.08. The van der Waals surface area contributed by atoms with Gasteiger partial charge >= 0.3 is 0 Å². The lowest BCUT2D eigenvalue weighted by Gasteiger charge is -2.23. The molecular weight excluding hydrogens is 452 g/mol. The molecule has 10 heteroatoms. The minimum atomic E-state index is -0.371. The maximum atomic E-state index is 13.3. The van der Waals surface area contributed by atoms with E-state index in [1.165, 1.54) is 11.3 Å². The summed E-state index contributed by atoms with van der Waals surface area (Å²) in [5.74, 6) is 0.563. The Morgan fingerprint density at radius 2 is 1.88 bits per heavy atom. The second kappa shape index (κ2) is 9.54. The molecule has 2 heterocycles. The summed E-state index contributed by atoms with van der Waals surface area (Å²) in [5.41, 5.74) is 1.04. The first-order chi connectivity index (χ1) is 15.5. The van der Waals surface area contributed by atoms with Gasteiger partial charge in [-0.05, 0) is 43.2 Å². The van der Waals surface area contributed by atoms with E-state index < -0.39 is 0 Å². The van der Waals surface area contributed by atoms with Crippen molar-refractivity contribution >= 4 is 40.4 Å². The number of halogens is 1. The van der Waals surface area contributed by atoms with E-state index in [1.54, 1.807) is 61.6 Å². The predicted octanol–water partition coefficient (Wildman–Crippen LogP) is 4.44. The number of carbonyl (C=O) groups is 2. The van der Waals surface area contributed by atoms with Crippen LogP contribution in [0.15, 0.2) is 42.5 Å². The number of hydrogen-bond acceptors (Lipinski definition) is 7. The van der Waals surface area contributed by atoms with E-state index in [4.69, 9.17) is 21.1 Å². The van der Waals surface area contributed by atoms with Crippen LogP contribution in [0.2, 0.25) is 5.02 Å². The van der Waals surface area contributed by atoms with Crippen LogP contribution in [0.1, 0.15) is 44.1 Å². The second-order valence-electron chi connectivity index (χ2n) is 7.17. The number of anilines is 1. The van der Waals surface area contributed by atoms with Crippen LogP contribution in [-0.2, 0) is 0 Å². The van der Waals surface area contributed by atoms with Gasteiger partial charge in [-0.1, -0.05) is 29.0 Å². The number of benzene rings is 2. The molecule has 1 N–H and O–H groups in total. The third-order valence-corrected chi connectivity index (χ3v) is 6.37. The maximum absolute atomic E-state index is 13.3. The fourth-order valence-electron chi connectivity index (χ4n) is 3.58. The number of rotatable bonds is 6. The van der Waals surface area contributed by atoms with Crippen LogP contribution in [0.3, 0.4) is 0 Å². The third kappa shape index (κ3) is 4.68. The Morgan fingerprint density at radius 1 is 1.12 bits per heavy atom. The van der Waals surface area contributed by atoms with Gasteiger partial charge in [0.15, 0.2) is 0 Å². The van der Waals surface area contributed by atoms with Gasteiger partial charge in [0.25, 0.3) is 11.8 Å². The first-order valence-electron chi connectivity index (χ1n) is 9.93. The highest BCUT2D eigenvalue weighted by Crippen LogP contribution is 2.36. The minimum Gasteiger partial charge on any atom is -0.497 e. The number of nitrogens with zero attached hydrogens (tertiary/aromatic N) is 3. The molecule has 32 heavy (non-hydrogen) atoms. The lowest BCUT2D eigenvalue weighted by molar-refractivity contribution is 0.0734. The van der Waals surface area contributed by atoms with Crippen LogP contribution in [0.5, 0.6) is 11.5 Å². The summed E-state index contributed by atoms with van der Waals surface area (Å²) in [6.45, 7) is 0.590. The van der Waals surface area contributed by atoms with Gasteiger partial charge in [-0.25, -0.2) is 0 Å². The Bertz CT molecular complexity index is 1130. The lowest BCUT2D eigenvalue weighted by Crippen LogP contribution is -2.30. The number of nitrogens with one attached hydrogen (secondary N) is 1. The van der Waals surface area contributed by atoms with Gasteiger partial charge in [0, 0.05) is 28.9 Å². The van der Waals surface area contributed by atoms with E-state index >= 15 is 0 Å². The molecule has 1 aliphatic rings. The van der Waals surface area contributed by atoms with E-state index in [0.717, 1.165) is 12.8 Å². The van der Waals surface area contributed by atoms with Crippen molar-refractivity contribution in [3.8, 4) is 11.5 Å². The number of hydrogen-bond donors (Lipinski definition) is 1. The molecule has 166 valence electrons. The van der Waals surface area contributed by atoms with Crippen LogP contribution in [0.4, 0.5) is 5.69 Å². The van der Waals surface area contributed by atoms with Crippen molar-refractivity contribution in [3.05, 3.63) is 63.1 Å². The molecule has 0 saturated carbocycles. The number of aromatic nitrogens is 2. The van der Waals surface area contributed by atoms with E-state index in [9.17, 15) is 9.59 Å². The number of carbonyl (C=O) groups excluding carboxylic acids is 2. The minimum absolute atomic E-state index is 0.148. The Labute approximate surface area is 194 Å². The monoisotopic (exact) mass is 472 g/mol. The highest BCUT2D eigenvalue weighted by molar-refractivity contribution is 7.13. The van der Waals surface area contributed by atoms with Crippen molar-refractivity contribution < 1.29 is 19.1 Å². The molecule has 1 aromatic heterocycles. The lowest BCUT2D eigenvalue weighted by atomic mass is 10.1. The van der Waals surface area contributed by atoms with Crippen LogP contribution >= 0.6 is 22.9 Å². The van der Waals surface area contributed by atoms with Gasteiger partial charge in [-0.3, -0.25) is 9.59 Å². The Balaban J connectivity index is 1.52. The molecule has 0 unspecified atom stereocenters. The average molecular weight is 473 g/mol. The molecule has 0 bridgehead atoms. The molecule has 0 radical (unpaired) electrons. The van der Waals surface area contributed by atoms with Gasteiger partial charge in [-0.15, -0.1) is 10.2 Å². The van der Waals surface area contributed by atoms with E-state index in [1.807, 2.05) is 0 Å². The molecule has 0 spiro atoms. The van der Waals surface area contributed by atoms with Gasteiger partial charge < -0.3 is 19.7 Å². The fraction of sp³-hybridized carbons (Fsp3) is 0.273. The topological polar surface area (TPSA) is 93.7 Å². The summed E-state index contributed by atoms with van der Waals surface area (Å²) >= 11 is 7.15. The van der Waals surface area contributed by atoms with Gasteiger partial charge in [-0.2, -0.15) is 0 Å². The number of amides is 2. The molecule has 4 rings (SSSR count). The Morgan fingerprint density at radius 3 is 2.56 bits per heavy atom. The highest BCUT2D eigenvalue weighted by atomic mass is 35.5. The molecule has 2 amide bonds. The van der Waals surface area contributed by atoms with Crippen LogP contribution in [-0.4, -0.2) is 47.7 Å². The number of methoxy groups -OCH3 is 2. The van der Waals surface area contributed by atoms with E-state index in [0.29, 0.717) is 39.3 Å². The zero-order valence-corrected chi connectivity index (χ0v) is 19.1. The molecule has 2 aromatic carbocycles. The van der Waals surface area contributed by atoms with Crippen molar-refractivity contribution in [1.82, 2.24) is 15.1 Å². The maximum Gasteiger partial charge on any atom is 0.286 e. The van der Waals surface area contributed by atoms with Crippen LogP contribution in [0.25, 0.3) is 0 Å². The first-order valence-corrected chi connectivity index (χ1v) is 11.1. The van der Waals surface area contributed by atoms with Gasteiger partial charge in [0.2, 0.25) is 5.01 Å². The smallest absolute Gasteiger partial charge is 0.286 e. The quantitative estimate of drug-likeness (QED) is 0.570. The highest BCUT2D eigenvalue weighted by Gasteiger charge is 2.34. The number of likely N-dealkylation sites (tertiary alicyclic amines) is 1. The Kier molecular flexibility index (Phi) is 6.57. The molecule has 1 atom stereocenters. The molecule has 1 fully saturated rings. The molecule has 0 aliphatic carbocycles. The SMILES string of the molecule is COc1cc(OC)cc(C(=O)N2CCC[C@H]2c2nnc(C(=O)Nc3cccc(Cl)c3)s2)c1. The standard InChI is InChI=1S/C22H21ClN4O4S/c1-30-16-9-13(10-17(12-16)31-2)22(29)27-8-4-7-18(27)20-25-26-21(32-20)19(28)24-15-6-3-5-14(23)11-15/h3,5-6,9-12,18H,4,7-8H2,1-2H3,(H,24,28)/t18-/m0/s1. The van der Waals surface area contributed by atoms with Gasteiger partial charge in [0.1, 0.15) is 16.5 Å². The van der Waals surface area contributed by atoms with Crippen LogP contribution < -0.4 is 14.8 Å². The molecule has 1 aliphatic heterocycles. The van der Waals surface area contributed by atoms with Crippen molar-refractivity contribution in [1.29, 1.82) is 0 Å². The summed E-state index contributed by atoms with van der Waals surface area (Å²) in [5, 5.41) is 12.4. The normalized spacial score (nSPS) is 15.5. The third-order valence-electron chi connectivity index (χ3n) is 5.11. The summed E-state index contributed by atoms with van der Waals surface area (Å²) < 4.78 is 10.6. The summed E-state index contributed by atoms with van der Waals surface area (Å²) in [6.07, 6.45) is 1.58. The van der Waals surface area contributed by atoms with Crippen LogP contribution in [0, 0.1) is 0 Å². The average Bonchev–Trinajstić information content (AvgIpc) is 3.48. The Hall–Kier alpha value is -3.17. The molecule has 1 saturated heterocycles. The van der Waals surface area contributed by atoms with E-state index in [2.05, 4.69) is 15.5 Å². The second-order valence-corrected chi connectivity index (χ2v) is 8.61. The van der Waals surface area contributed by atoms with Gasteiger partial charge in [0.05, 0.1) is 20.3 Å². The zero-order chi connectivity index (χ0) is 22.7. The largest absolute Gasteiger partial charge is 0.497 e.